The molecule has 0 aliphatic carbocycles. The first-order valence-electron chi connectivity index (χ1n) is 36.6. The Labute approximate surface area is 676 Å². The normalized spacial score (nSPS) is 13.0. The molecule has 0 saturated heterocycles. The van der Waals surface area contributed by atoms with Crippen LogP contribution in [0.3, 0.4) is 0 Å². The van der Waals surface area contributed by atoms with Crippen LogP contribution in [0, 0.1) is 17.8 Å². The highest BCUT2D eigenvalue weighted by Crippen LogP contribution is 2.20. The van der Waals surface area contributed by atoms with Crippen molar-refractivity contribution in [2.24, 2.45) is 17.8 Å². The van der Waals surface area contributed by atoms with E-state index in [1.54, 1.807) is 96.1 Å². The van der Waals surface area contributed by atoms with Gasteiger partial charge in [0.05, 0.1) is 82.9 Å². The number of carbonyl (C=O) groups is 19. The first kappa shape index (κ1) is 94.6. The molecule has 0 radical (unpaired) electrons. The van der Waals surface area contributed by atoms with Gasteiger partial charge in [-0.05, 0) is 91.1 Å². The van der Waals surface area contributed by atoms with Gasteiger partial charge < -0.3 is 95.2 Å². The van der Waals surface area contributed by atoms with E-state index in [1.165, 1.54) is 97.1 Å². The summed E-state index contributed by atoms with van der Waals surface area (Å²) in [4.78, 5) is 258. The number of amides is 9. The number of ether oxygens (including phenoxy) is 10. The van der Waals surface area contributed by atoms with Gasteiger partial charge in [0, 0.05) is 0 Å². The van der Waals surface area contributed by atoms with Gasteiger partial charge in [0.2, 0.25) is 72.1 Å². The molecule has 0 spiro atoms. The number of ketones is 3. The summed E-state index contributed by atoms with van der Waals surface area (Å²) in [5.41, 5.74) is 0.259. The molecule has 0 aromatic heterocycles. The van der Waals surface area contributed by atoms with Crippen molar-refractivity contribution in [1.29, 1.82) is 0 Å². The molecule has 5 rings (SSSR count). The Morgan fingerprint density at radius 2 is 0.517 bits per heavy atom. The monoisotopic (exact) mass is 1640 g/mol. The van der Waals surface area contributed by atoms with Gasteiger partial charge in [-0.1, -0.05) is 145 Å². The summed E-state index contributed by atoms with van der Waals surface area (Å²) in [6.07, 6.45) is -19.3. The molecule has 0 fully saturated rings. The lowest BCUT2D eigenvalue weighted by molar-refractivity contribution is -0.161. The maximum Gasteiger partial charge on any atom is 0.408 e. The number of alkyl carbamates (subject to hydrolysis) is 3. The number of hydrogen-bond donors (Lipinski definition) is 9. The number of nitrogens with one attached hydrogen (secondary N) is 9. The molecule has 118 heavy (non-hydrogen) atoms. The van der Waals surface area contributed by atoms with E-state index in [1.807, 2.05) is 0 Å². The lowest BCUT2D eigenvalue weighted by atomic mass is 10.0. The van der Waals surface area contributed by atoms with E-state index >= 15 is 0 Å². The minimum absolute atomic E-state index is 0.0499. The molecule has 5 aromatic rings. The molecule has 0 aliphatic heterocycles. The standard InChI is InChI=1S/C80H93N9O29/c1-45(2)35-53(87-78(106)112-44-48-25-15-10-16-26-48)68(96)84-41-61(95)83-40-58(92)64(117-79(107)88-54(36-46(3)4)69(97)85-42-59(93)81-38-56(90)62(113-71(99)49-27-17-11-18-28-49)65(75(103)109-7)115-73(101)51-31-21-13-22-32-51)67(77(105)111-9)118-80(108)89-55(37-47(5)6)70(98)86-43-60(94)82-39-57(91)63(114-72(100)50-29-19-12-20-30-50)66(76(104)110-8)116-74(102)52-33-23-14-24-34-52/h10-34,45-47,53-55,62-67H,35-44H2,1-9H3,(H,81,93)(H,82,94)(H,83,95)(H,84,96)(H,85,97)(H,86,98)(H,87,106)(H,88,107)(H,89,108)/t53-,54-,55-,62-,63-,64-,65+,66+,67+/m0/s1. The summed E-state index contributed by atoms with van der Waals surface area (Å²) in [5, 5.41) is 20.1. The van der Waals surface area contributed by atoms with Crippen LogP contribution >= 0.6 is 0 Å². The van der Waals surface area contributed by atoms with Crippen LogP contribution in [0.2, 0.25) is 0 Å². The second-order valence-corrected chi connectivity index (χ2v) is 26.9. The highest BCUT2D eigenvalue weighted by atomic mass is 16.6. The molecule has 38 heteroatoms. The quantitative estimate of drug-likeness (QED) is 0.0199. The predicted octanol–water partition coefficient (Wildman–Crippen LogP) is 2.17. The fourth-order valence-electron chi connectivity index (χ4n) is 10.5. The predicted molar refractivity (Wildman–Crippen MR) is 408 cm³/mol. The third kappa shape index (κ3) is 32.5. The lowest BCUT2D eigenvalue weighted by Gasteiger charge is -2.27. The van der Waals surface area contributed by atoms with Crippen molar-refractivity contribution in [3.63, 3.8) is 0 Å². The third-order valence-electron chi connectivity index (χ3n) is 16.3. The Morgan fingerprint density at radius 1 is 0.280 bits per heavy atom. The smallest absolute Gasteiger partial charge is 0.408 e. The lowest BCUT2D eigenvalue weighted by Crippen LogP contribution is -2.55. The largest absolute Gasteiger partial charge is 0.466 e. The Kier molecular flexibility index (Phi) is 39.2. The minimum atomic E-state index is -2.68. The Morgan fingerprint density at radius 3 is 0.788 bits per heavy atom. The summed E-state index contributed by atoms with van der Waals surface area (Å²) in [5.74, 6) is -20.5. The molecular weight excluding hydrogens is 1550 g/mol. The van der Waals surface area contributed by atoms with Crippen LogP contribution in [0.4, 0.5) is 14.4 Å². The van der Waals surface area contributed by atoms with Gasteiger partial charge in [-0.3, -0.25) is 43.2 Å². The highest BCUT2D eigenvalue weighted by Gasteiger charge is 2.45. The summed E-state index contributed by atoms with van der Waals surface area (Å²) < 4.78 is 52.1. The molecule has 0 unspecified atom stereocenters. The molecule has 0 aliphatic rings. The fourth-order valence-corrected chi connectivity index (χ4v) is 10.5. The fraction of sp³-hybridized carbons (Fsp3) is 0.388. The maximum absolute atomic E-state index is 14.5. The number of esters is 7. The zero-order valence-electron chi connectivity index (χ0n) is 65.8. The van der Waals surface area contributed by atoms with Crippen molar-refractivity contribution in [2.75, 3.05) is 60.6 Å². The van der Waals surface area contributed by atoms with Crippen molar-refractivity contribution in [2.45, 2.75) is 122 Å². The third-order valence-corrected chi connectivity index (χ3v) is 16.3. The van der Waals surface area contributed by atoms with Gasteiger partial charge in [0.1, 0.15) is 24.7 Å². The van der Waals surface area contributed by atoms with Crippen molar-refractivity contribution >= 4 is 113 Å². The van der Waals surface area contributed by atoms with Gasteiger partial charge >= 0.3 is 60.1 Å². The van der Waals surface area contributed by atoms with Gasteiger partial charge in [-0.15, -0.1) is 0 Å². The SMILES string of the molecule is COC(=O)[C@H](OC(=O)N[C@@H](CC(C)C)C(=O)NCC(=O)NCC(=O)[C@H](OC(=O)c1ccccc1)[C@@H](OC(=O)c1ccccc1)C(=O)OC)[C@@H](OC(=O)N[C@@H](CC(C)C)C(=O)NCC(=O)NCC(=O)[C@H](OC(=O)c1ccccc1)[C@@H](OC(=O)c1ccccc1)C(=O)OC)C(=O)CNC(=O)CNC(=O)[C@H](CC(C)C)NC(=O)OCc1ccccc1. The van der Waals surface area contributed by atoms with Crippen LogP contribution in [0.5, 0.6) is 0 Å². The first-order valence-corrected chi connectivity index (χ1v) is 36.6. The molecule has 9 amide bonds. The van der Waals surface area contributed by atoms with Crippen LogP contribution in [0.15, 0.2) is 152 Å². The summed E-state index contributed by atoms with van der Waals surface area (Å²) in [6.45, 7) is 3.55. The van der Waals surface area contributed by atoms with Gasteiger partial charge in [-0.25, -0.2) is 47.9 Å². The Hall–Kier alpha value is -14.0. The number of rotatable bonds is 45. The number of methoxy groups -OCH3 is 3. The molecule has 632 valence electrons. The summed E-state index contributed by atoms with van der Waals surface area (Å²) in [6, 6.07) is 32.4. The van der Waals surface area contributed by atoms with Gasteiger partial charge in [0.25, 0.3) is 0 Å². The average Bonchev–Trinajstić information content (AvgIpc) is 0.834. The van der Waals surface area contributed by atoms with Gasteiger partial charge in [0.15, 0.2) is 17.3 Å². The summed E-state index contributed by atoms with van der Waals surface area (Å²) in [7, 11) is 2.53. The van der Waals surface area contributed by atoms with Crippen LogP contribution in [-0.4, -0.2) is 228 Å². The van der Waals surface area contributed by atoms with Crippen LogP contribution in [0.1, 0.15) is 108 Å². The molecule has 0 heterocycles. The van der Waals surface area contributed by atoms with Crippen LogP contribution in [-0.2, 0) is 112 Å². The molecule has 38 nitrogen and oxygen atoms in total. The number of hydrogen-bond acceptors (Lipinski definition) is 29. The number of Topliss-reactive ketones (excluding diaryl/α,β-unsaturated/α-hetero) is 3. The number of benzene rings is 5. The zero-order chi connectivity index (χ0) is 87.0. The Balaban J connectivity index is 1.35. The zero-order valence-corrected chi connectivity index (χ0v) is 65.8. The number of carbonyl (C=O) groups excluding carboxylic acids is 19. The molecular formula is C80H93N9O29. The molecule has 5 aromatic carbocycles. The van der Waals surface area contributed by atoms with Crippen molar-refractivity contribution < 1.29 is 138 Å². The topological polar surface area (TPSA) is 525 Å². The van der Waals surface area contributed by atoms with Crippen molar-refractivity contribution in [1.82, 2.24) is 47.9 Å². The highest BCUT2D eigenvalue weighted by molar-refractivity contribution is 6.02. The van der Waals surface area contributed by atoms with Crippen molar-refractivity contribution in [3.8, 4) is 0 Å². The maximum atomic E-state index is 14.5. The molecule has 9 N–H and O–H groups in total. The van der Waals surface area contributed by atoms with E-state index in [2.05, 4.69) is 47.9 Å². The van der Waals surface area contributed by atoms with Crippen LogP contribution in [0.25, 0.3) is 0 Å². The van der Waals surface area contributed by atoms with E-state index in [0.29, 0.717) is 5.56 Å². The summed E-state index contributed by atoms with van der Waals surface area (Å²) >= 11 is 0. The van der Waals surface area contributed by atoms with Gasteiger partial charge in [-0.2, -0.15) is 0 Å². The Bertz CT molecular complexity index is 4330. The van der Waals surface area contributed by atoms with E-state index in [0.717, 1.165) is 21.3 Å². The van der Waals surface area contributed by atoms with E-state index in [4.69, 9.17) is 47.4 Å². The van der Waals surface area contributed by atoms with Crippen molar-refractivity contribution in [3.05, 3.63) is 179 Å². The minimum Gasteiger partial charge on any atom is -0.466 e. The second-order valence-electron chi connectivity index (χ2n) is 26.9. The molecule has 9 atom stereocenters. The molecule has 0 bridgehead atoms. The molecule has 0 saturated carbocycles. The van der Waals surface area contributed by atoms with E-state index in [9.17, 15) is 91.1 Å². The van der Waals surface area contributed by atoms with Crippen LogP contribution < -0.4 is 47.9 Å². The first-order chi connectivity index (χ1) is 56.2. The van der Waals surface area contributed by atoms with E-state index < -0.39 is 219 Å². The van der Waals surface area contributed by atoms with E-state index in [-0.39, 0.29) is 54.0 Å². The second kappa shape index (κ2) is 48.9. The average molecular weight is 1640 g/mol.